The normalized spacial score (nSPS) is 11.7. The van der Waals surface area contributed by atoms with Crippen molar-refractivity contribution in [3.05, 3.63) is 25.4 Å². The van der Waals surface area contributed by atoms with Crippen molar-refractivity contribution in [2.75, 3.05) is 0 Å². The van der Waals surface area contributed by atoms with Crippen LogP contribution in [0.4, 0.5) is 0 Å². The molecule has 0 bridgehead atoms. The van der Waals surface area contributed by atoms with E-state index < -0.39 is 11.2 Å². The highest BCUT2D eigenvalue weighted by atomic mass is 79.9. The maximum atomic E-state index is 11.3. The Morgan fingerprint density at radius 2 is 2.00 bits per heavy atom. The number of rotatable bonds is 2. The molecule has 0 aliphatic heterocycles. The van der Waals surface area contributed by atoms with Crippen LogP contribution in [0.25, 0.3) is 0 Å². The third-order valence-electron chi connectivity index (χ3n) is 1.92. The summed E-state index contributed by atoms with van der Waals surface area (Å²) in [6.45, 7) is 6.74. The van der Waals surface area contributed by atoms with Crippen molar-refractivity contribution in [3.8, 4) is 0 Å². The lowest BCUT2D eigenvalue weighted by Gasteiger charge is -2.17. The third kappa shape index (κ3) is 3.62. The zero-order valence-corrected chi connectivity index (χ0v) is 10.6. The fourth-order valence-corrected chi connectivity index (χ4v) is 1.29. The van der Waals surface area contributed by atoms with E-state index in [2.05, 4.69) is 46.8 Å². The Morgan fingerprint density at radius 3 is 2.53 bits per heavy atom. The molecule has 6 heteroatoms. The number of aryl methyl sites for hydroxylation is 1. The summed E-state index contributed by atoms with van der Waals surface area (Å²) in [7, 11) is 0. The molecule has 15 heavy (non-hydrogen) atoms. The van der Waals surface area contributed by atoms with Crippen molar-refractivity contribution < 1.29 is 0 Å². The van der Waals surface area contributed by atoms with Crippen molar-refractivity contribution in [3.63, 3.8) is 0 Å². The largest absolute Gasteiger partial charge is 0.344 e. The molecular weight excluding hydrogens is 262 g/mol. The molecule has 0 radical (unpaired) electrons. The number of halogens is 1. The highest BCUT2D eigenvalue weighted by molar-refractivity contribution is 9.10. The van der Waals surface area contributed by atoms with E-state index in [1.165, 1.54) is 4.68 Å². The molecule has 0 aliphatic carbocycles. The molecule has 1 N–H and O–H groups in total. The molecule has 5 nitrogen and oxygen atoms in total. The third-order valence-corrected chi connectivity index (χ3v) is 2.44. The second-order valence-electron chi connectivity index (χ2n) is 4.58. The highest BCUT2D eigenvalue weighted by Gasteiger charge is 2.11. The summed E-state index contributed by atoms with van der Waals surface area (Å²) in [5, 5.41) is 3.85. The molecular formula is C9H14BrN3O2. The first-order valence-electron chi connectivity index (χ1n) is 4.66. The number of hydrogen-bond donors (Lipinski definition) is 1. The van der Waals surface area contributed by atoms with Gasteiger partial charge in [-0.1, -0.05) is 20.8 Å². The van der Waals surface area contributed by atoms with Gasteiger partial charge in [0.2, 0.25) is 0 Å². The molecule has 1 rings (SSSR count). The first kappa shape index (κ1) is 12.2. The van der Waals surface area contributed by atoms with Crippen molar-refractivity contribution in [1.82, 2.24) is 14.8 Å². The second-order valence-corrected chi connectivity index (χ2v) is 5.34. The molecule has 0 aromatic carbocycles. The van der Waals surface area contributed by atoms with Gasteiger partial charge in [-0.05, 0) is 27.8 Å². The first-order chi connectivity index (χ1) is 6.79. The van der Waals surface area contributed by atoms with Crippen LogP contribution in [0.2, 0.25) is 0 Å². The van der Waals surface area contributed by atoms with E-state index in [9.17, 15) is 9.59 Å². The Kier molecular flexibility index (Phi) is 3.49. The van der Waals surface area contributed by atoms with E-state index in [0.717, 1.165) is 6.42 Å². The predicted molar refractivity (Wildman–Crippen MR) is 60.9 cm³/mol. The van der Waals surface area contributed by atoms with Gasteiger partial charge in [-0.15, -0.1) is 0 Å². The average molecular weight is 276 g/mol. The van der Waals surface area contributed by atoms with E-state index in [1.807, 2.05) is 0 Å². The molecule has 0 unspecified atom stereocenters. The fourth-order valence-electron chi connectivity index (χ4n) is 1.00. The molecule has 0 spiro atoms. The van der Waals surface area contributed by atoms with Crippen LogP contribution in [0.15, 0.2) is 14.2 Å². The van der Waals surface area contributed by atoms with Gasteiger partial charge in [0.25, 0.3) is 5.56 Å². The van der Waals surface area contributed by atoms with Gasteiger partial charge in [-0.3, -0.25) is 9.78 Å². The number of hydrogen-bond acceptors (Lipinski definition) is 3. The summed E-state index contributed by atoms with van der Waals surface area (Å²) >= 11 is 2.99. The van der Waals surface area contributed by atoms with Crippen molar-refractivity contribution in [2.24, 2.45) is 5.41 Å². The van der Waals surface area contributed by atoms with Crippen LogP contribution >= 0.6 is 15.9 Å². The lowest BCUT2D eigenvalue weighted by atomic mass is 9.92. The van der Waals surface area contributed by atoms with Gasteiger partial charge < -0.3 is 0 Å². The van der Waals surface area contributed by atoms with Crippen molar-refractivity contribution in [2.45, 2.75) is 33.7 Å². The smallest absolute Gasteiger partial charge is 0.270 e. The van der Waals surface area contributed by atoms with E-state index in [1.54, 1.807) is 0 Å². The number of H-pyrrole nitrogens is 1. The van der Waals surface area contributed by atoms with Crippen LogP contribution in [0.5, 0.6) is 0 Å². The molecule has 0 amide bonds. The molecule has 1 heterocycles. The topological polar surface area (TPSA) is 67.8 Å². The van der Waals surface area contributed by atoms with Crippen LogP contribution in [0, 0.1) is 5.41 Å². The quantitative estimate of drug-likeness (QED) is 0.880. The number of nitrogens with zero attached hydrogens (tertiary/aromatic N) is 2. The lowest BCUT2D eigenvalue weighted by Crippen LogP contribution is -2.33. The van der Waals surface area contributed by atoms with Crippen LogP contribution < -0.4 is 11.2 Å². The molecule has 1 aromatic rings. The number of aromatic nitrogens is 3. The molecule has 0 saturated carbocycles. The highest BCUT2D eigenvalue weighted by Crippen LogP contribution is 2.18. The van der Waals surface area contributed by atoms with Gasteiger partial charge in [-0.2, -0.15) is 5.10 Å². The fraction of sp³-hybridized carbons (Fsp3) is 0.667. The predicted octanol–water partition coefficient (Wildman–Crippen LogP) is 1.13. The summed E-state index contributed by atoms with van der Waals surface area (Å²) < 4.78 is 1.40. The zero-order chi connectivity index (χ0) is 11.6. The Hall–Kier alpha value is -0.910. The minimum Gasteiger partial charge on any atom is -0.270 e. The molecule has 1 aromatic heterocycles. The van der Waals surface area contributed by atoms with E-state index in [0.29, 0.717) is 6.54 Å². The van der Waals surface area contributed by atoms with E-state index in [4.69, 9.17) is 0 Å². The van der Waals surface area contributed by atoms with Crippen LogP contribution in [-0.4, -0.2) is 14.8 Å². The monoisotopic (exact) mass is 275 g/mol. The van der Waals surface area contributed by atoms with E-state index >= 15 is 0 Å². The average Bonchev–Trinajstić information content (AvgIpc) is 2.07. The summed E-state index contributed by atoms with van der Waals surface area (Å²) in [5.41, 5.74) is -0.830. The van der Waals surface area contributed by atoms with Crippen LogP contribution in [0.1, 0.15) is 27.2 Å². The summed E-state index contributed by atoms with van der Waals surface area (Å²) in [5.74, 6) is 0. The second kappa shape index (κ2) is 4.30. The molecule has 84 valence electrons. The molecule has 0 atom stereocenters. The van der Waals surface area contributed by atoms with Gasteiger partial charge in [0.15, 0.2) is 4.60 Å². The van der Waals surface area contributed by atoms with Gasteiger partial charge in [0, 0.05) is 6.54 Å². The molecule has 0 saturated heterocycles. The standard InChI is InChI=1S/C9H14BrN3O2/c1-9(2,3)4-5-13-8(15)11-7(14)6(10)12-13/h4-5H2,1-3H3,(H,11,14,15). The number of aromatic amines is 1. The van der Waals surface area contributed by atoms with Gasteiger partial charge in [0.05, 0.1) is 0 Å². The van der Waals surface area contributed by atoms with Crippen LogP contribution in [0.3, 0.4) is 0 Å². The lowest BCUT2D eigenvalue weighted by molar-refractivity contribution is 0.333. The number of nitrogens with one attached hydrogen (secondary N) is 1. The maximum Gasteiger partial charge on any atom is 0.344 e. The van der Waals surface area contributed by atoms with Crippen molar-refractivity contribution >= 4 is 15.9 Å². The minimum absolute atomic E-state index is 0.129. The Morgan fingerprint density at radius 1 is 1.40 bits per heavy atom. The maximum absolute atomic E-state index is 11.3. The SMILES string of the molecule is CC(C)(C)CCn1nc(Br)c(=O)[nH]c1=O. The summed E-state index contributed by atoms with van der Waals surface area (Å²) in [6.07, 6.45) is 0.818. The first-order valence-corrected chi connectivity index (χ1v) is 5.46. The Labute approximate surface area is 95.6 Å². The minimum atomic E-state index is -0.494. The zero-order valence-electron chi connectivity index (χ0n) is 9.00. The Balaban J connectivity index is 2.92. The summed E-state index contributed by atoms with van der Waals surface area (Å²) in [6, 6.07) is 0. The van der Waals surface area contributed by atoms with Gasteiger partial charge in [0.1, 0.15) is 0 Å². The van der Waals surface area contributed by atoms with Crippen molar-refractivity contribution in [1.29, 1.82) is 0 Å². The Bertz CT molecular complexity index is 456. The van der Waals surface area contributed by atoms with Crippen LogP contribution in [-0.2, 0) is 6.54 Å². The summed E-state index contributed by atoms with van der Waals surface area (Å²) in [4.78, 5) is 24.5. The van der Waals surface area contributed by atoms with E-state index in [-0.39, 0.29) is 10.0 Å². The van der Waals surface area contributed by atoms with Gasteiger partial charge >= 0.3 is 5.69 Å². The molecule has 0 fully saturated rings. The van der Waals surface area contributed by atoms with Gasteiger partial charge in [-0.25, -0.2) is 9.48 Å². The molecule has 0 aliphatic rings.